The number of ether oxygens (including phenoxy) is 2. The predicted molar refractivity (Wildman–Crippen MR) is 163 cm³/mol. The van der Waals surface area contributed by atoms with Crippen LogP contribution in [0.3, 0.4) is 0 Å². The van der Waals surface area contributed by atoms with Crippen molar-refractivity contribution in [3.05, 3.63) is 125 Å². The SMILES string of the molecule is CCOC(=O)C1=C(C)N=c2s/c(=C\c3ccccc3OCc3ccccc3Cl)c(=O)n2[C@H]1c1ccc(N(C)C)cc1. The minimum absolute atomic E-state index is 0.220. The molecule has 0 fully saturated rings. The Morgan fingerprint density at radius 1 is 1.07 bits per heavy atom. The number of esters is 1. The zero-order chi connectivity index (χ0) is 29.1. The first-order valence-electron chi connectivity index (χ1n) is 13.2. The Morgan fingerprint density at radius 2 is 1.78 bits per heavy atom. The third-order valence-electron chi connectivity index (χ3n) is 6.79. The van der Waals surface area contributed by atoms with Gasteiger partial charge in [-0.25, -0.2) is 9.79 Å². The van der Waals surface area contributed by atoms with Crippen LogP contribution in [0, 0.1) is 0 Å². The first-order chi connectivity index (χ1) is 19.8. The third kappa shape index (κ3) is 5.85. The second-order valence-corrected chi connectivity index (χ2v) is 11.1. The maximum Gasteiger partial charge on any atom is 0.338 e. The molecule has 1 atom stereocenters. The highest BCUT2D eigenvalue weighted by molar-refractivity contribution is 7.07. The fraction of sp³-hybridized carbons (Fsp3) is 0.219. The van der Waals surface area contributed by atoms with Crippen LogP contribution in [0.25, 0.3) is 6.08 Å². The van der Waals surface area contributed by atoms with Crippen molar-refractivity contribution in [3.63, 3.8) is 0 Å². The molecule has 2 heterocycles. The van der Waals surface area contributed by atoms with Gasteiger partial charge < -0.3 is 14.4 Å². The van der Waals surface area contributed by atoms with E-state index in [0.29, 0.717) is 31.4 Å². The van der Waals surface area contributed by atoms with Crippen LogP contribution in [-0.2, 0) is 16.1 Å². The number of rotatable bonds is 8. The van der Waals surface area contributed by atoms with Gasteiger partial charge in [0, 0.05) is 35.9 Å². The largest absolute Gasteiger partial charge is 0.488 e. The summed E-state index contributed by atoms with van der Waals surface area (Å²) in [6.45, 7) is 4.05. The Morgan fingerprint density at radius 3 is 2.49 bits per heavy atom. The van der Waals surface area contributed by atoms with E-state index in [2.05, 4.69) is 4.99 Å². The average Bonchev–Trinajstić information content (AvgIpc) is 3.26. The fourth-order valence-electron chi connectivity index (χ4n) is 4.71. The first kappa shape index (κ1) is 28.4. The molecule has 0 spiro atoms. The molecule has 0 N–H and O–H groups in total. The Bertz CT molecular complexity index is 1810. The van der Waals surface area contributed by atoms with Crippen LogP contribution in [0.15, 0.2) is 93.9 Å². The quantitative estimate of drug-likeness (QED) is 0.268. The Kier molecular flexibility index (Phi) is 8.42. The molecule has 0 radical (unpaired) electrons. The molecule has 1 aliphatic heterocycles. The summed E-state index contributed by atoms with van der Waals surface area (Å²) in [4.78, 5) is 34.3. The lowest BCUT2D eigenvalue weighted by molar-refractivity contribution is -0.139. The predicted octanol–water partition coefficient (Wildman–Crippen LogP) is 5.10. The summed E-state index contributed by atoms with van der Waals surface area (Å²) >= 11 is 7.59. The van der Waals surface area contributed by atoms with E-state index in [1.54, 1.807) is 24.5 Å². The number of fused-ring (bicyclic) bond motifs is 1. The molecule has 7 nitrogen and oxygen atoms in total. The van der Waals surface area contributed by atoms with Gasteiger partial charge in [0.15, 0.2) is 4.80 Å². The van der Waals surface area contributed by atoms with Gasteiger partial charge in [0.05, 0.1) is 28.5 Å². The number of anilines is 1. The van der Waals surface area contributed by atoms with Crippen molar-refractivity contribution in [2.24, 2.45) is 4.99 Å². The standard InChI is InChI=1S/C32H30ClN3O4S/c1-5-39-31(38)28-20(2)34-32-36(29(28)21-14-16-24(17-15-21)35(3)4)30(37)27(41-32)18-22-10-7-9-13-26(22)40-19-23-11-6-8-12-25(23)33/h6-18,29H,5,19H2,1-4H3/b27-18-/t29-/m0/s1. The summed E-state index contributed by atoms with van der Waals surface area (Å²) in [7, 11) is 3.92. The van der Waals surface area contributed by atoms with E-state index in [0.717, 1.165) is 22.4 Å². The molecule has 0 unspecified atom stereocenters. The molecule has 1 aliphatic rings. The smallest absolute Gasteiger partial charge is 0.338 e. The molecule has 0 saturated heterocycles. The summed E-state index contributed by atoms with van der Waals surface area (Å²) in [6, 6.07) is 22.2. The number of allylic oxidation sites excluding steroid dienone is 1. The van der Waals surface area contributed by atoms with Gasteiger partial charge in [-0.3, -0.25) is 9.36 Å². The van der Waals surface area contributed by atoms with Gasteiger partial charge in [-0.1, -0.05) is 71.5 Å². The molecule has 9 heteroatoms. The number of hydrogen-bond donors (Lipinski definition) is 0. The maximum absolute atomic E-state index is 14.0. The number of thiazole rings is 1. The van der Waals surface area contributed by atoms with Gasteiger partial charge in [0.2, 0.25) is 0 Å². The third-order valence-corrected chi connectivity index (χ3v) is 8.14. The van der Waals surface area contributed by atoms with Crippen molar-refractivity contribution in [1.82, 2.24) is 4.57 Å². The van der Waals surface area contributed by atoms with Gasteiger partial charge in [-0.15, -0.1) is 0 Å². The molecule has 4 aromatic rings. The van der Waals surface area contributed by atoms with Crippen molar-refractivity contribution < 1.29 is 14.3 Å². The van der Waals surface area contributed by atoms with E-state index in [1.807, 2.05) is 91.8 Å². The summed E-state index contributed by atoms with van der Waals surface area (Å²) in [6.07, 6.45) is 1.81. The second kappa shape index (κ2) is 12.2. The van der Waals surface area contributed by atoms with Crippen LogP contribution in [0.5, 0.6) is 5.75 Å². The van der Waals surface area contributed by atoms with Crippen LogP contribution in [-0.4, -0.2) is 31.2 Å². The Labute approximate surface area is 247 Å². The molecule has 41 heavy (non-hydrogen) atoms. The molecule has 1 aromatic heterocycles. The van der Waals surface area contributed by atoms with Crippen LogP contribution >= 0.6 is 22.9 Å². The highest BCUT2D eigenvalue weighted by Crippen LogP contribution is 2.32. The van der Waals surface area contributed by atoms with Crippen molar-refractivity contribution in [3.8, 4) is 5.75 Å². The van der Waals surface area contributed by atoms with Crippen molar-refractivity contribution in [2.45, 2.75) is 26.5 Å². The normalized spacial score (nSPS) is 14.9. The lowest BCUT2D eigenvalue weighted by Crippen LogP contribution is -2.40. The van der Waals surface area contributed by atoms with Crippen LogP contribution in [0.4, 0.5) is 5.69 Å². The number of benzene rings is 3. The molecule has 3 aromatic carbocycles. The van der Waals surface area contributed by atoms with E-state index >= 15 is 0 Å². The number of aromatic nitrogens is 1. The summed E-state index contributed by atoms with van der Waals surface area (Å²) < 4.78 is 13.6. The van der Waals surface area contributed by atoms with Crippen LogP contribution in [0.1, 0.15) is 36.6 Å². The number of carbonyl (C=O) groups is 1. The summed E-state index contributed by atoms with van der Waals surface area (Å²) in [5.74, 6) is 0.139. The molecule has 210 valence electrons. The number of nitrogens with zero attached hydrogens (tertiary/aromatic N) is 3. The summed E-state index contributed by atoms with van der Waals surface area (Å²) in [5.41, 5.74) is 4.06. The number of para-hydroxylation sites is 1. The molecule has 0 bridgehead atoms. The van der Waals surface area contributed by atoms with Crippen LogP contribution < -0.4 is 24.5 Å². The van der Waals surface area contributed by atoms with Gasteiger partial charge in [-0.2, -0.15) is 0 Å². The topological polar surface area (TPSA) is 73.1 Å². The first-order valence-corrected chi connectivity index (χ1v) is 14.4. The average molecular weight is 588 g/mol. The molecule has 5 rings (SSSR count). The van der Waals surface area contributed by atoms with Crippen molar-refractivity contribution in [1.29, 1.82) is 0 Å². The summed E-state index contributed by atoms with van der Waals surface area (Å²) in [5, 5.41) is 0.629. The lowest BCUT2D eigenvalue weighted by atomic mass is 9.95. The van der Waals surface area contributed by atoms with Gasteiger partial charge in [0.25, 0.3) is 5.56 Å². The van der Waals surface area contributed by atoms with Gasteiger partial charge in [0.1, 0.15) is 12.4 Å². The lowest BCUT2D eigenvalue weighted by Gasteiger charge is -2.25. The second-order valence-electron chi connectivity index (χ2n) is 9.71. The molecular formula is C32H30ClN3O4S. The maximum atomic E-state index is 14.0. The number of hydrogen-bond acceptors (Lipinski definition) is 7. The van der Waals surface area contributed by atoms with E-state index in [1.165, 1.54) is 11.3 Å². The van der Waals surface area contributed by atoms with E-state index in [9.17, 15) is 9.59 Å². The molecule has 0 amide bonds. The zero-order valence-corrected chi connectivity index (χ0v) is 24.8. The van der Waals surface area contributed by atoms with Gasteiger partial charge in [-0.05, 0) is 49.8 Å². The fourth-order valence-corrected chi connectivity index (χ4v) is 5.93. The molecule has 0 saturated carbocycles. The van der Waals surface area contributed by atoms with Crippen LogP contribution in [0.2, 0.25) is 5.02 Å². The highest BCUT2D eigenvalue weighted by atomic mass is 35.5. The molecular weight excluding hydrogens is 558 g/mol. The zero-order valence-electron chi connectivity index (χ0n) is 23.3. The highest BCUT2D eigenvalue weighted by Gasteiger charge is 2.33. The Hall–Kier alpha value is -4.14. The Balaban J connectivity index is 1.60. The van der Waals surface area contributed by atoms with Crippen molar-refractivity contribution in [2.75, 3.05) is 25.6 Å². The minimum atomic E-state index is -0.671. The van der Waals surface area contributed by atoms with E-state index in [-0.39, 0.29) is 18.8 Å². The van der Waals surface area contributed by atoms with Gasteiger partial charge >= 0.3 is 5.97 Å². The molecule has 0 aliphatic carbocycles. The van der Waals surface area contributed by atoms with E-state index < -0.39 is 12.0 Å². The number of halogens is 1. The minimum Gasteiger partial charge on any atom is -0.488 e. The number of carbonyl (C=O) groups excluding carboxylic acids is 1. The van der Waals surface area contributed by atoms with E-state index in [4.69, 9.17) is 21.1 Å². The monoisotopic (exact) mass is 587 g/mol. The van der Waals surface area contributed by atoms with Crippen molar-refractivity contribution >= 4 is 40.7 Å².